The van der Waals surface area contributed by atoms with Gasteiger partial charge in [0.15, 0.2) is 0 Å². The first kappa shape index (κ1) is 13.7. The van der Waals surface area contributed by atoms with Crippen LogP contribution in [-0.4, -0.2) is 16.5 Å². The largest absolute Gasteiger partial charge is 0.310 e. The lowest BCUT2D eigenvalue weighted by atomic mass is 9.99. The summed E-state index contributed by atoms with van der Waals surface area (Å²) in [6.07, 6.45) is 5.57. The Kier molecular flexibility index (Phi) is 4.63. The van der Waals surface area contributed by atoms with Gasteiger partial charge in [-0.25, -0.2) is 0 Å². The standard InChI is InChI=1S/C16H21N3/c1-4-17-14(7-5-12(2)3)13-6-8-15-16(11-13)19-10-9-18-15/h6,8-11,14,17H,2,4-5,7H2,1,3H3. The van der Waals surface area contributed by atoms with Crippen LogP contribution in [0.4, 0.5) is 0 Å². The number of allylic oxidation sites excluding steroid dienone is 1. The Labute approximate surface area is 114 Å². The monoisotopic (exact) mass is 255 g/mol. The van der Waals surface area contributed by atoms with Gasteiger partial charge in [0, 0.05) is 18.4 Å². The Bertz CT molecular complexity index is 563. The summed E-state index contributed by atoms with van der Waals surface area (Å²) in [5, 5.41) is 3.53. The fourth-order valence-electron chi connectivity index (χ4n) is 2.22. The third-order valence-electron chi connectivity index (χ3n) is 3.21. The molecule has 1 unspecified atom stereocenters. The van der Waals surface area contributed by atoms with Gasteiger partial charge < -0.3 is 5.32 Å². The van der Waals surface area contributed by atoms with Gasteiger partial charge in [-0.3, -0.25) is 9.97 Å². The van der Waals surface area contributed by atoms with Crippen LogP contribution in [-0.2, 0) is 0 Å². The summed E-state index contributed by atoms with van der Waals surface area (Å²) in [6, 6.07) is 6.67. The number of aromatic nitrogens is 2. The molecule has 100 valence electrons. The summed E-state index contributed by atoms with van der Waals surface area (Å²) in [7, 11) is 0. The summed E-state index contributed by atoms with van der Waals surface area (Å²) in [6.45, 7) is 9.15. The molecule has 0 spiro atoms. The van der Waals surface area contributed by atoms with Gasteiger partial charge in [0.25, 0.3) is 0 Å². The van der Waals surface area contributed by atoms with E-state index in [2.05, 4.69) is 47.8 Å². The van der Waals surface area contributed by atoms with Crippen molar-refractivity contribution < 1.29 is 0 Å². The van der Waals surface area contributed by atoms with Crippen molar-refractivity contribution in [1.29, 1.82) is 0 Å². The smallest absolute Gasteiger partial charge is 0.0890 e. The van der Waals surface area contributed by atoms with Crippen LogP contribution in [0.5, 0.6) is 0 Å². The molecule has 1 heterocycles. The molecule has 19 heavy (non-hydrogen) atoms. The lowest BCUT2D eigenvalue weighted by molar-refractivity contribution is 0.515. The highest BCUT2D eigenvalue weighted by atomic mass is 14.9. The third kappa shape index (κ3) is 3.61. The van der Waals surface area contributed by atoms with Gasteiger partial charge in [-0.15, -0.1) is 6.58 Å². The highest BCUT2D eigenvalue weighted by Crippen LogP contribution is 2.22. The van der Waals surface area contributed by atoms with E-state index in [1.54, 1.807) is 12.4 Å². The minimum atomic E-state index is 0.355. The second-order valence-corrected chi connectivity index (χ2v) is 4.91. The predicted molar refractivity (Wildman–Crippen MR) is 80.0 cm³/mol. The maximum absolute atomic E-state index is 4.37. The maximum Gasteiger partial charge on any atom is 0.0890 e. The van der Waals surface area contributed by atoms with Gasteiger partial charge in [0.2, 0.25) is 0 Å². The van der Waals surface area contributed by atoms with Crippen molar-refractivity contribution in [3.8, 4) is 0 Å². The average molecular weight is 255 g/mol. The first-order valence-corrected chi connectivity index (χ1v) is 6.79. The third-order valence-corrected chi connectivity index (χ3v) is 3.21. The lowest BCUT2D eigenvalue weighted by Gasteiger charge is -2.18. The zero-order valence-electron chi connectivity index (χ0n) is 11.7. The van der Waals surface area contributed by atoms with E-state index in [0.717, 1.165) is 30.4 Å². The molecule has 1 N–H and O–H groups in total. The number of rotatable bonds is 6. The van der Waals surface area contributed by atoms with Crippen LogP contribution >= 0.6 is 0 Å². The van der Waals surface area contributed by atoms with E-state index in [0.29, 0.717) is 6.04 Å². The summed E-state index contributed by atoms with van der Waals surface area (Å²) >= 11 is 0. The van der Waals surface area contributed by atoms with Gasteiger partial charge in [0.1, 0.15) is 0 Å². The Hall–Kier alpha value is -1.74. The molecule has 0 aliphatic rings. The number of benzene rings is 1. The first-order chi connectivity index (χ1) is 9.20. The van der Waals surface area contributed by atoms with Crippen molar-refractivity contribution in [2.45, 2.75) is 32.7 Å². The van der Waals surface area contributed by atoms with Crippen LogP contribution in [0.3, 0.4) is 0 Å². The van der Waals surface area contributed by atoms with Gasteiger partial charge in [-0.1, -0.05) is 18.6 Å². The van der Waals surface area contributed by atoms with Crippen LogP contribution in [0, 0.1) is 0 Å². The van der Waals surface area contributed by atoms with Crippen LogP contribution in [0.25, 0.3) is 11.0 Å². The molecule has 0 radical (unpaired) electrons. The van der Waals surface area contributed by atoms with Crippen molar-refractivity contribution in [2.24, 2.45) is 0 Å². The van der Waals surface area contributed by atoms with E-state index in [4.69, 9.17) is 0 Å². The number of hydrogen-bond donors (Lipinski definition) is 1. The van der Waals surface area contributed by atoms with Gasteiger partial charge in [-0.05, 0) is 44.0 Å². The first-order valence-electron chi connectivity index (χ1n) is 6.79. The molecule has 1 atom stereocenters. The molecule has 2 aromatic rings. The van der Waals surface area contributed by atoms with Crippen LogP contribution in [0.2, 0.25) is 0 Å². The lowest BCUT2D eigenvalue weighted by Crippen LogP contribution is -2.20. The van der Waals surface area contributed by atoms with Crippen molar-refractivity contribution in [3.05, 3.63) is 48.3 Å². The summed E-state index contributed by atoms with van der Waals surface area (Å²) in [5.74, 6) is 0. The average Bonchev–Trinajstić information content (AvgIpc) is 2.42. The summed E-state index contributed by atoms with van der Waals surface area (Å²) < 4.78 is 0. The zero-order chi connectivity index (χ0) is 13.7. The van der Waals surface area contributed by atoms with E-state index in [9.17, 15) is 0 Å². The molecule has 1 aromatic heterocycles. The van der Waals surface area contributed by atoms with Crippen molar-refractivity contribution >= 4 is 11.0 Å². The minimum Gasteiger partial charge on any atom is -0.310 e. The van der Waals surface area contributed by atoms with E-state index in [1.165, 1.54) is 11.1 Å². The predicted octanol–water partition coefficient (Wildman–Crippen LogP) is 3.64. The second-order valence-electron chi connectivity index (χ2n) is 4.91. The molecule has 0 fully saturated rings. The Morgan fingerprint density at radius 3 is 2.68 bits per heavy atom. The van der Waals surface area contributed by atoms with E-state index >= 15 is 0 Å². The fourth-order valence-corrected chi connectivity index (χ4v) is 2.22. The molecule has 0 bridgehead atoms. The Morgan fingerprint density at radius 2 is 2.00 bits per heavy atom. The second kappa shape index (κ2) is 6.43. The quantitative estimate of drug-likeness (QED) is 0.801. The highest BCUT2D eigenvalue weighted by Gasteiger charge is 2.11. The zero-order valence-corrected chi connectivity index (χ0v) is 11.7. The van der Waals surface area contributed by atoms with E-state index < -0.39 is 0 Å². The number of nitrogens with zero attached hydrogens (tertiary/aromatic N) is 2. The van der Waals surface area contributed by atoms with Crippen molar-refractivity contribution in [3.63, 3.8) is 0 Å². The Balaban J connectivity index is 2.24. The van der Waals surface area contributed by atoms with Crippen LogP contribution in [0.15, 0.2) is 42.7 Å². The van der Waals surface area contributed by atoms with E-state index in [-0.39, 0.29) is 0 Å². The van der Waals surface area contributed by atoms with Crippen LogP contribution < -0.4 is 5.32 Å². The SMILES string of the molecule is C=C(C)CCC(NCC)c1ccc2nccnc2c1. The van der Waals surface area contributed by atoms with Crippen molar-refractivity contribution in [2.75, 3.05) is 6.54 Å². The summed E-state index contributed by atoms with van der Waals surface area (Å²) in [5.41, 5.74) is 4.40. The molecule has 0 aliphatic heterocycles. The van der Waals surface area contributed by atoms with Gasteiger partial charge in [0.05, 0.1) is 11.0 Å². The molecule has 3 heteroatoms. The molecule has 0 amide bonds. The molecule has 3 nitrogen and oxygen atoms in total. The normalized spacial score (nSPS) is 12.5. The molecule has 0 saturated carbocycles. The molecular weight excluding hydrogens is 234 g/mol. The molecular formula is C16H21N3. The van der Waals surface area contributed by atoms with Gasteiger partial charge in [-0.2, -0.15) is 0 Å². The van der Waals surface area contributed by atoms with Gasteiger partial charge >= 0.3 is 0 Å². The topological polar surface area (TPSA) is 37.8 Å². The van der Waals surface area contributed by atoms with Crippen LogP contribution in [0.1, 0.15) is 38.3 Å². The van der Waals surface area contributed by atoms with Crippen molar-refractivity contribution in [1.82, 2.24) is 15.3 Å². The molecule has 0 aliphatic carbocycles. The minimum absolute atomic E-state index is 0.355. The van der Waals surface area contributed by atoms with E-state index in [1.807, 2.05) is 6.07 Å². The number of hydrogen-bond acceptors (Lipinski definition) is 3. The fraction of sp³-hybridized carbons (Fsp3) is 0.375. The molecule has 1 aromatic carbocycles. The number of fused-ring (bicyclic) bond motifs is 1. The number of nitrogens with one attached hydrogen (secondary N) is 1. The highest BCUT2D eigenvalue weighted by molar-refractivity contribution is 5.74. The maximum atomic E-state index is 4.37. The summed E-state index contributed by atoms with van der Waals surface area (Å²) in [4.78, 5) is 8.68. The molecule has 0 saturated heterocycles. The molecule has 2 rings (SSSR count). The Morgan fingerprint density at radius 1 is 1.26 bits per heavy atom.